The van der Waals surface area contributed by atoms with Gasteiger partial charge in [-0.2, -0.15) is 0 Å². The van der Waals surface area contributed by atoms with E-state index in [1.165, 1.54) is 83.6 Å². The Kier molecular flexibility index (Phi) is 6.05. The van der Waals surface area contributed by atoms with E-state index in [4.69, 9.17) is 0 Å². The molecule has 0 saturated heterocycles. The second-order valence-electron chi connectivity index (χ2n) is 13.8. The van der Waals surface area contributed by atoms with Crippen molar-refractivity contribution in [2.75, 3.05) is 9.80 Å². The number of nitrogens with zero attached hydrogens (tertiary/aromatic N) is 3. The maximum Gasteiger partial charge on any atom is 0.247 e. The molecule has 0 N–H and O–H groups in total. The lowest BCUT2D eigenvalue weighted by molar-refractivity contribution is 0.716. The van der Waals surface area contributed by atoms with E-state index in [0.717, 1.165) is 19.3 Å². The Morgan fingerprint density at radius 2 is 1.44 bits per heavy atom. The van der Waals surface area contributed by atoms with Crippen LogP contribution in [0.3, 0.4) is 0 Å². The zero-order chi connectivity index (χ0) is 31.9. The Bertz CT molecular complexity index is 2410. The van der Waals surface area contributed by atoms with E-state index >= 15 is 0 Å². The van der Waals surface area contributed by atoms with Gasteiger partial charge in [-0.3, -0.25) is 0 Å². The monoisotopic (exact) mass is 617 g/mol. The number of para-hydroxylation sites is 2. The lowest BCUT2D eigenvalue weighted by Gasteiger charge is -2.46. The highest BCUT2D eigenvalue weighted by Gasteiger charge is 2.45. The van der Waals surface area contributed by atoms with Gasteiger partial charge in [0.25, 0.3) is 0 Å². The SMILES string of the molecule is Cc1ccc(N2C3=C(CC(C)C=C3)B3c4cc5c6ccccc6n(C6=CCCC=C6)c5cc4N(c4ccccc4)c4cccc2c43)cc1. The third kappa shape index (κ3) is 3.95. The number of aryl methyl sites for hydroxylation is 1. The summed E-state index contributed by atoms with van der Waals surface area (Å²) in [5.41, 5.74) is 16.9. The number of anilines is 5. The highest BCUT2D eigenvalue weighted by atomic mass is 15.2. The molecule has 1 aromatic heterocycles. The molecule has 6 aromatic rings. The largest absolute Gasteiger partial charge is 0.312 e. The van der Waals surface area contributed by atoms with Crippen molar-refractivity contribution < 1.29 is 0 Å². The van der Waals surface area contributed by atoms with Crippen LogP contribution < -0.4 is 20.7 Å². The van der Waals surface area contributed by atoms with Crippen molar-refractivity contribution >= 4 is 73.6 Å². The Labute approximate surface area is 282 Å². The topological polar surface area (TPSA) is 11.4 Å². The molecule has 3 nitrogen and oxygen atoms in total. The number of hydrogen-bond donors (Lipinski definition) is 0. The van der Waals surface area contributed by atoms with Crippen LogP contribution in [0.25, 0.3) is 27.5 Å². The molecule has 10 rings (SSSR count). The summed E-state index contributed by atoms with van der Waals surface area (Å²) in [6, 6.07) is 40.9. The van der Waals surface area contributed by atoms with Crippen molar-refractivity contribution in [3.05, 3.63) is 156 Å². The molecule has 4 aliphatic rings. The summed E-state index contributed by atoms with van der Waals surface area (Å²) in [4.78, 5) is 5.05. The Hall–Kier alpha value is -5.48. The summed E-state index contributed by atoms with van der Waals surface area (Å²) in [6.07, 6.45) is 15.0. The predicted octanol–water partition coefficient (Wildman–Crippen LogP) is 10.2. The lowest BCUT2D eigenvalue weighted by atomic mass is 9.32. The second kappa shape index (κ2) is 10.5. The summed E-state index contributed by atoms with van der Waals surface area (Å²) in [7, 11) is 0. The van der Waals surface area contributed by atoms with Gasteiger partial charge in [-0.1, -0.05) is 96.9 Å². The number of fused-ring (bicyclic) bond motifs is 6. The normalized spacial score (nSPS) is 17.9. The van der Waals surface area contributed by atoms with Crippen molar-refractivity contribution in [2.24, 2.45) is 5.92 Å². The van der Waals surface area contributed by atoms with Crippen molar-refractivity contribution in [3.63, 3.8) is 0 Å². The number of hydrogen-bond acceptors (Lipinski definition) is 2. The van der Waals surface area contributed by atoms with Crippen LogP contribution in [0, 0.1) is 12.8 Å². The molecule has 0 radical (unpaired) electrons. The van der Waals surface area contributed by atoms with Crippen molar-refractivity contribution in [1.82, 2.24) is 4.57 Å². The number of allylic oxidation sites excluding steroid dienone is 7. The molecule has 4 heteroatoms. The maximum absolute atomic E-state index is 2.55. The first-order chi connectivity index (χ1) is 23.7. The van der Waals surface area contributed by atoms with Gasteiger partial charge in [-0.25, -0.2) is 0 Å². The summed E-state index contributed by atoms with van der Waals surface area (Å²) in [5, 5.41) is 2.63. The van der Waals surface area contributed by atoms with Crippen molar-refractivity contribution in [3.8, 4) is 0 Å². The van der Waals surface area contributed by atoms with Gasteiger partial charge in [0.15, 0.2) is 0 Å². The fourth-order valence-corrected chi connectivity index (χ4v) is 8.69. The maximum atomic E-state index is 2.55. The molecule has 0 saturated carbocycles. The van der Waals surface area contributed by atoms with Crippen molar-refractivity contribution in [2.45, 2.75) is 33.1 Å². The van der Waals surface area contributed by atoms with Crippen LogP contribution in [0.4, 0.5) is 28.4 Å². The molecular formula is C44H36BN3. The summed E-state index contributed by atoms with van der Waals surface area (Å²) in [6.45, 7) is 4.69. The zero-order valence-electron chi connectivity index (χ0n) is 27.4. The van der Waals surface area contributed by atoms with E-state index in [9.17, 15) is 0 Å². The minimum atomic E-state index is 0.163. The molecule has 2 aliphatic carbocycles. The minimum Gasteiger partial charge on any atom is -0.312 e. The van der Waals surface area contributed by atoms with Gasteiger partial charge >= 0.3 is 0 Å². The molecule has 0 bridgehead atoms. The molecule has 2 aliphatic heterocycles. The zero-order valence-corrected chi connectivity index (χ0v) is 27.4. The van der Waals surface area contributed by atoms with E-state index in [2.05, 4.69) is 168 Å². The predicted molar refractivity (Wildman–Crippen MR) is 205 cm³/mol. The van der Waals surface area contributed by atoms with E-state index in [1.54, 1.807) is 0 Å². The van der Waals surface area contributed by atoms with E-state index in [-0.39, 0.29) is 6.71 Å². The molecule has 48 heavy (non-hydrogen) atoms. The van der Waals surface area contributed by atoms with E-state index in [1.807, 2.05) is 0 Å². The van der Waals surface area contributed by atoms with Crippen LogP contribution in [-0.4, -0.2) is 11.3 Å². The van der Waals surface area contributed by atoms with Gasteiger partial charge in [0.1, 0.15) is 0 Å². The molecular weight excluding hydrogens is 581 g/mol. The number of aromatic nitrogens is 1. The third-order valence-electron chi connectivity index (χ3n) is 10.8. The Balaban J connectivity index is 1.32. The summed E-state index contributed by atoms with van der Waals surface area (Å²) >= 11 is 0. The molecule has 0 spiro atoms. The molecule has 230 valence electrons. The second-order valence-corrected chi connectivity index (χ2v) is 13.8. The average molecular weight is 618 g/mol. The van der Waals surface area contributed by atoms with Crippen LogP contribution in [-0.2, 0) is 0 Å². The molecule has 5 aromatic carbocycles. The van der Waals surface area contributed by atoms with Gasteiger partial charge in [0, 0.05) is 50.6 Å². The molecule has 0 fully saturated rings. The quantitative estimate of drug-likeness (QED) is 0.183. The van der Waals surface area contributed by atoms with E-state index < -0.39 is 0 Å². The Morgan fingerprint density at radius 3 is 2.25 bits per heavy atom. The molecule has 1 atom stereocenters. The summed E-state index contributed by atoms with van der Waals surface area (Å²) in [5.74, 6) is 0.476. The smallest absolute Gasteiger partial charge is 0.247 e. The molecule has 1 unspecified atom stereocenters. The standard InChI is InChI=1S/C44H36BN3/c1-29-20-23-33(24-21-29)47-39-25-22-30(2)26-36(39)45-37-27-35-34-16-9-10-17-38(34)46(31-12-5-3-6-13-31)42(35)28-43(37)48(32-14-7-4-8-15-32)41-19-11-18-40(47)44(41)45/h4-5,7-25,27-28,30H,3,6,26H2,1-2H3. The van der Waals surface area contributed by atoms with Crippen LogP contribution >= 0.6 is 0 Å². The van der Waals surface area contributed by atoms with Gasteiger partial charge in [-0.05, 0) is 104 Å². The first kappa shape index (κ1) is 27.6. The third-order valence-corrected chi connectivity index (χ3v) is 10.8. The number of rotatable bonds is 3. The first-order valence-electron chi connectivity index (χ1n) is 17.4. The average Bonchev–Trinajstić information content (AvgIpc) is 3.45. The molecule has 0 amide bonds. The van der Waals surface area contributed by atoms with Crippen LogP contribution in [0.5, 0.6) is 0 Å². The highest BCUT2D eigenvalue weighted by Crippen LogP contribution is 2.47. The first-order valence-corrected chi connectivity index (χ1v) is 17.4. The van der Waals surface area contributed by atoms with E-state index in [0.29, 0.717) is 5.92 Å². The van der Waals surface area contributed by atoms with Gasteiger partial charge < -0.3 is 14.4 Å². The lowest BCUT2D eigenvalue weighted by Crippen LogP contribution is -2.56. The highest BCUT2D eigenvalue weighted by molar-refractivity contribution is 6.95. The fraction of sp³-hybridized carbons (Fsp3) is 0.136. The number of benzene rings is 5. The fourth-order valence-electron chi connectivity index (χ4n) is 8.69. The van der Waals surface area contributed by atoms with Gasteiger partial charge in [0.05, 0.1) is 11.0 Å². The Morgan fingerprint density at radius 1 is 0.667 bits per heavy atom. The summed E-state index contributed by atoms with van der Waals surface area (Å²) < 4.78 is 2.49. The van der Waals surface area contributed by atoms with Gasteiger partial charge in [0.2, 0.25) is 6.71 Å². The van der Waals surface area contributed by atoms with Crippen LogP contribution in [0.15, 0.2) is 151 Å². The van der Waals surface area contributed by atoms with Crippen LogP contribution in [0.1, 0.15) is 31.7 Å². The van der Waals surface area contributed by atoms with Crippen molar-refractivity contribution in [1.29, 1.82) is 0 Å². The van der Waals surface area contributed by atoms with Crippen LogP contribution in [0.2, 0.25) is 0 Å². The molecule has 3 heterocycles. The van der Waals surface area contributed by atoms with Gasteiger partial charge in [-0.15, -0.1) is 0 Å². The minimum absolute atomic E-state index is 0.163.